The molecule has 1 N–H and O–H groups in total. The molecule has 3 rings (SSSR count). The van der Waals surface area contributed by atoms with E-state index in [4.69, 9.17) is 4.74 Å². The number of ether oxygens (including phenoxy) is 1. The summed E-state index contributed by atoms with van der Waals surface area (Å²) < 4.78 is 5.30. The number of aryl methyl sites for hydroxylation is 1. The predicted octanol–water partition coefficient (Wildman–Crippen LogP) is 0.212. The molecule has 28 heavy (non-hydrogen) atoms. The number of benzene rings is 1. The van der Waals surface area contributed by atoms with Gasteiger partial charge in [0.05, 0.1) is 26.3 Å². The van der Waals surface area contributed by atoms with Crippen molar-refractivity contribution in [1.29, 1.82) is 0 Å². The number of rotatable bonds is 8. The molecule has 1 aromatic carbocycles. The highest BCUT2D eigenvalue weighted by Gasteiger charge is 2.23. The lowest BCUT2D eigenvalue weighted by Crippen LogP contribution is -2.53. The highest BCUT2D eigenvalue weighted by atomic mass is 16.5. The molecule has 7 nitrogen and oxygen atoms in total. The van der Waals surface area contributed by atoms with E-state index >= 15 is 0 Å². The molecule has 1 aromatic rings. The molecule has 0 aromatic heterocycles. The quantitative estimate of drug-likeness (QED) is 0.645. The summed E-state index contributed by atoms with van der Waals surface area (Å²) >= 11 is 0. The molecule has 0 atom stereocenters. The summed E-state index contributed by atoms with van der Waals surface area (Å²) in [5.41, 5.74) is 1.31. The molecule has 2 fully saturated rings. The zero-order valence-corrected chi connectivity index (χ0v) is 16.6. The van der Waals surface area contributed by atoms with Gasteiger partial charge in [-0.2, -0.15) is 0 Å². The van der Waals surface area contributed by atoms with Crippen LogP contribution in [0, 0.1) is 0 Å². The van der Waals surface area contributed by atoms with Crippen molar-refractivity contribution in [3.8, 4) is 0 Å². The van der Waals surface area contributed by atoms with Gasteiger partial charge in [-0.3, -0.25) is 19.4 Å². The Kier molecular flexibility index (Phi) is 8.26. The van der Waals surface area contributed by atoms with Gasteiger partial charge in [0.15, 0.2) is 0 Å². The molecule has 0 radical (unpaired) electrons. The van der Waals surface area contributed by atoms with Gasteiger partial charge in [-0.25, -0.2) is 0 Å². The minimum absolute atomic E-state index is 0.0888. The molecule has 2 aliphatic rings. The minimum atomic E-state index is 0.0888. The van der Waals surface area contributed by atoms with Crippen LogP contribution in [0.1, 0.15) is 12.0 Å². The number of carbonyl (C=O) groups is 2. The highest BCUT2D eigenvalue weighted by molar-refractivity contribution is 5.78. The van der Waals surface area contributed by atoms with E-state index in [9.17, 15) is 9.59 Å². The first kappa shape index (κ1) is 20.8. The summed E-state index contributed by atoms with van der Waals surface area (Å²) in [6.45, 7) is 7.61. The maximum absolute atomic E-state index is 12.3. The van der Waals surface area contributed by atoms with Crippen LogP contribution in [-0.4, -0.2) is 98.6 Å². The van der Waals surface area contributed by atoms with Crippen molar-refractivity contribution in [2.45, 2.75) is 12.8 Å². The average molecular weight is 389 g/mol. The van der Waals surface area contributed by atoms with Crippen molar-refractivity contribution in [2.75, 3.05) is 72.1 Å². The summed E-state index contributed by atoms with van der Waals surface area (Å²) in [6.07, 6.45) is 1.93. The molecule has 0 bridgehead atoms. The van der Waals surface area contributed by atoms with Gasteiger partial charge in [0.25, 0.3) is 0 Å². The fourth-order valence-corrected chi connectivity index (χ4v) is 3.63. The third-order valence-electron chi connectivity index (χ3n) is 5.36. The molecule has 2 aliphatic heterocycles. The molecule has 2 amide bonds. The third-order valence-corrected chi connectivity index (χ3v) is 5.36. The third kappa shape index (κ3) is 6.89. The van der Waals surface area contributed by atoms with Crippen LogP contribution in [0.5, 0.6) is 0 Å². The fourth-order valence-electron chi connectivity index (χ4n) is 3.63. The van der Waals surface area contributed by atoms with Crippen molar-refractivity contribution in [3.63, 3.8) is 0 Å². The van der Waals surface area contributed by atoms with E-state index in [-0.39, 0.29) is 11.8 Å². The van der Waals surface area contributed by atoms with Crippen molar-refractivity contribution in [3.05, 3.63) is 35.9 Å². The molecule has 0 saturated carbocycles. The summed E-state index contributed by atoms with van der Waals surface area (Å²) in [5.74, 6) is 0.277. The van der Waals surface area contributed by atoms with E-state index in [0.717, 1.165) is 39.0 Å². The van der Waals surface area contributed by atoms with E-state index < -0.39 is 0 Å². The van der Waals surface area contributed by atoms with Crippen molar-refractivity contribution in [1.82, 2.24) is 20.0 Å². The van der Waals surface area contributed by atoms with Crippen LogP contribution in [0.4, 0.5) is 0 Å². The van der Waals surface area contributed by atoms with Crippen molar-refractivity contribution >= 4 is 11.8 Å². The lowest BCUT2D eigenvalue weighted by atomic mass is 10.1. The second kappa shape index (κ2) is 11.1. The van der Waals surface area contributed by atoms with E-state index in [1.807, 2.05) is 23.1 Å². The molecular formula is C21H32N4O3. The number of morpholine rings is 1. The monoisotopic (exact) mass is 388 g/mol. The Hall–Kier alpha value is -1.96. The van der Waals surface area contributed by atoms with Gasteiger partial charge < -0.3 is 15.0 Å². The Morgan fingerprint density at radius 2 is 1.54 bits per heavy atom. The first-order chi connectivity index (χ1) is 13.7. The van der Waals surface area contributed by atoms with Crippen LogP contribution in [0.2, 0.25) is 0 Å². The number of piperazine rings is 1. The van der Waals surface area contributed by atoms with Crippen molar-refractivity contribution in [2.24, 2.45) is 0 Å². The summed E-state index contributed by atoms with van der Waals surface area (Å²) in [7, 11) is 0. The molecule has 7 heteroatoms. The highest BCUT2D eigenvalue weighted by Crippen LogP contribution is 2.05. The molecule has 2 saturated heterocycles. The Bertz CT molecular complexity index is 611. The Balaban J connectivity index is 1.26. The lowest BCUT2D eigenvalue weighted by molar-refractivity contribution is -0.137. The van der Waals surface area contributed by atoms with Crippen LogP contribution in [-0.2, 0) is 20.7 Å². The summed E-state index contributed by atoms with van der Waals surface area (Å²) in [5, 5.41) is 3.02. The van der Waals surface area contributed by atoms with E-state index in [2.05, 4.69) is 27.2 Å². The second-order valence-corrected chi connectivity index (χ2v) is 7.48. The molecule has 154 valence electrons. The van der Waals surface area contributed by atoms with Gasteiger partial charge in [-0.1, -0.05) is 30.3 Å². The largest absolute Gasteiger partial charge is 0.378 e. The predicted molar refractivity (Wildman–Crippen MR) is 108 cm³/mol. The Morgan fingerprint density at radius 1 is 0.893 bits per heavy atom. The van der Waals surface area contributed by atoms with Gasteiger partial charge in [0.2, 0.25) is 11.8 Å². The molecule has 0 aliphatic carbocycles. The first-order valence-corrected chi connectivity index (χ1v) is 10.3. The van der Waals surface area contributed by atoms with Gasteiger partial charge in [0.1, 0.15) is 0 Å². The number of carbonyl (C=O) groups excluding carboxylic acids is 2. The number of hydrogen-bond acceptors (Lipinski definition) is 5. The van der Waals surface area contributed by atoms with Crippen LogP contribution in [0.3, 0.4) is 0 Å². The van der Waals surface area contributed by atoms with Crippen LogP contribution < -0.4 is 5.32 Å². The maximum Gasteiger partial charge on any atom is 0.236 e. The SMILES string of the molecule is O=C(CN1CCN(CC(=O)N2CCOCC2)CC1)NCCCc1ccccc1. The topological polar surface area (TPSA) is 65.1 Å². The summed E-state index contributed by atoms with van der Waals surface area (Å²) in [6, 6.07) is 10.3. The summed E-state index contributed by atoms with van der Waals surface area (Å²) in [4.78, 5) is 30.7. The zero-order valence-electron chi connectivity index (χ0n) is 16.6. The minimum Gasteiger partial charge on any atom is -0.378 e. The Labute approximate surface area is 167 Å². The van der Waals surface area contributed by atoms with Gasteiger partial charge in [-0.15, -0.1) is 0 Å². The smallest absolute Gasteiger partial charge is 0.236 e. The number of nitrogens with zero attached hydrogens (tertiary/aromatic N) is 3. The van der Waals surface area contributed by atoms with Crippen LogP contribution in [0.25, 0.3) is 0 Å². The van der Waals surface area contributed by atoms with Crippen molar-refractivity contribution < 1.29 is 14.3 Å². The number of nitrogens with one attached hydrogen (secondary N) is 1. The molecule has 0 unspecified atom stereocenters. The molecule has 2 heterocycles. The van der Waals surface area contributed by atoms with Gasteiger partial charge in [0, 0.05) is 45.8 Å². The second-order valence-electron chi connectivity index (χ2n) is 7.48. The van der Waals surface area contributed by atoms with E-state index in [0.29, 0.717) is 45.9 Å². The molecular weight excluding hydrogens is 356 g/mol. The average Bonchev–Trinajstić information content (AvgIpc) is 2.74. The van der Waals surface area contributed by atoms with E-state index in [1.54, 1.807) is 0 Å². The Morgan fingerprint density at radius 3 is 2.21 bits per heavy atom. The molecule has 0 spiro atoms. The lowest BCUT2D eigenvalue weighted by Gasteiger charge is -2.35. The number of amides is 2. The van der Waals surface area contributed by atoms with Crippen LogP contribution >= 0.6 is 0 Å². The standard InChI is InChI=1S/C21H32N4O3/c26-20(22-8-4-7-19-5-2-1-3-6-19)17-23-9-11-24(12-10-23)18-21(27)25-13-15-28-16-14-25/h1-3,5-6H,4,7-18H2,(H,22,26). The maximum atomic E-state index is 12.3. The number of hydrogen-bond donors (Lipinski definition) is 1. The van der Waals surface area contributed by atoms with E-state index in [1.165, 1.54) is 5.56 Å². The first-order valence-electron chi connectivity index (χ1n) is 10.3. The van der Waals surface area contributed by atoms with Crippen LogP contribution in [0.15, 0.2) is 30.3 Å². The van der Waals surface area contributed by atoms with Gasteiger partial charge in [-0.05, 0) is 18.4 Å². The normalized spacial score (nSPS) is 18.8. The van der Waals surface area contributed by atoms with Gasteiger partial charge >= 0.3 is 0 Å². The fraction of sp³-hybridized carbons (Fsp3) is 0.619. The zero-order chi connectivity index (χ0) is 19.6.